The Balaban J connectivity index is 0.000000153. The smallest absolute Gasteiger partial charge is 0.251 e. The molecule has 15 rings (SSSR count). The molecule has 0 atom stereocenters. The van der Waals surface area contributed by atoms with Crippen LogP contribution in [0.4, 0.5) is 0 Å². The maximum Gasteiger partial charge on any atom is 0.251 e. The summed E-state index contributed by atoms with van der Waals surface area (Å²) in [7, 11) is 11.8. The number of fused-ring (bicyclic) bond motifs is 7. The molecule has 1 amide bonds. The number of nitrogens with zero attached hydrogens (tertiary/aromatic N) is 2. The van der Waals surface area contributed by atoms with Crippen molar-refractivity contribution in [2.45, 2.75) is 122 Å². The first-order valence-corrected chi connectivity index (χ1v) is 42.7. The SMILES string of the molecule is COCCNC(=O)c1ccc2c(C)c3ccccc3c(C)c2c1.COCCOCCCc1cc(C)c2ccc3c(CCCOCCOC)cc(C)c4ccc1c2c43.COCCOCc1ccc2c(C)c3ccc(COCCOC)cc3c(C)c2c1.COCCOc1c(C)ccc2c(OCCOC)c(C)ccc12.Cc1nc2c(C)c3oc(C)nc3c(C)c2o1. The van der Waals surface area contributed by atoms with E-state index in [4.69, 9.17) is 70.4 Å². The Hall–Kier alpha value is -10.2. The van der Waals surface area contributed by atoms with Crippen LogP contribution in [0.5, 0.6) is 11.5 Å². The first-order valence-electron chi connectivity index (χ1n) is 42.7. The van der Waals surface area contributed by atoms with Gasteiger partial charge in [-0.05, 0) is 261 Å². The van der Waals surface area contributed by atoms with Gasteiger partial charge in [0, 0.05) is 111 Å². The molecule has 19 nitrogen and oxygen atoms in total. The molecule has 0 radical (unpaired) electrons. The molecule has 19 heteroatoms. The van der Waals surface area contributed by atoms with Gasteiger partial charge in [0.2, 0.25) is 0 Å². The number of hydrogen-bond donors (Lipinski definition) is 1. The fourth-order valence-electron chi connectivity index (χ4n) is 16.4. The number of hydrogen-bond acceptors (Lipinski definition) is 18. The highest BCUT2D eigenvalue weighted by atomic mass is 16.5. The monoisotopic (exact) mass is 1670 g/mol. The van der Waals surface area contributed by atoms with Crippen molar-refractivity contribution < 1.29 is 75.2 Å². The van der Waals surface area contributed by atoms with E-state index in [9.17, 15) is 4.79 Å². The zero-order valence-corrected chi connectivity index (χ0v) is 75.8. The maximum atomic E-state index is 12.3. The number of carbonyl (C=O) groups excluding carboxylic acids is 1. The van der Waals surface area contributed by atoms with Crippen molar-refractivity contribution in [3.8, 4) is 11.5 Å². The number of aryl methyl sites for hydroxylation is 14. The molecule has 0 bridgehead atoms. The van der Waals surface area contributed by atoms with Crippen LogP contribution in [0.1, 0.15) is 113 Å². The van der Waals surface area contributed by atoms with Crippen LogP contribution in [0.2, 0.25) is 0 Å². The van der Waals surface area contributed by atoms with E-state index in [0.29, 0.717) is 123 Å². The van der Waals surface area contributed by atoms with E-state index in [-0.39, 0.29) is 5.91 Å². The van der Waals surface area contributed by atoms with Crippen LogP contribution in [-0.2, 0) is 78.2 Å². The van der Waals surface area contributed by atoms with Gasteiger partial charge >= 0.3 is 0 Å². The van der Waals surface area contributed by atoms with Crippen molar-refractivity contribution in [2.24, 2.45) is 0 Å². The van der Waals surface area contributed by atoms with Crippen molar-refractivity contribution in [3.05, 3.63) is 235 Å². The van der Waals surface area contributed by atoms with E-state index in [0.717, 1.165) is 111 Å². The maximum absolute atomic E-state index is 12.3. The molecule has 0 saturated heterocycles. The molecule has 0 aliphatic carbocycles. The van der Waals surface area contributed by atoms with Crippen molar-refractivity contribution in [1.29, 1.82) is 0 Å². The third-order valence-corrected chi connectivity index (χ3v) is 22.8. The largest absolute Gasteiger partial charge is 0.490 e. The van der Waals surface area contributed by atoms with E-state index in [1.54, 1.807) is 49.8 Å². The lowest BCUT2D eigenvalue weighted by atomic mass is 9.85. The van der Waals surface area contributed by atoms with E-state index in [1.165, 1.54) is 126 Å². The van der Waals surface area contributed by atoms with E-state index >= 15 is 0 Å². The molecule has 123 heavy (non-hydrogen) atoms. The minimum atomic E-state index is -0.0610. The third kappa shape index (κ3) is 22.9. The van der Waals surface area contributed by atoms with E-state index < -0.39 is 0 Å². The molecule has 0 aliphatic heterocycles. The number of methoxy groups -OCH3 is 7. The number of oxazole rings is 2. The number of rotatable bonds is 36. The Morgan fingerprint density at radius 3 is 1.09 bits per heavy atom. The van der Waals surface area contributed by atoms with Crippen LogP contribution in [0, 0.1) is 83.1 Å². The molecule has 1 N–H and O–H groups in total. The molecule has 0 unspecified atom stereocenters. The summed E-state index contributed by atoms with van der Waals surface area (Å²) in [4.78, 5) is 21.0. The molecular weight excluding hydrogens is 1550 g/mol. The van der Waals surface area contributed by atoms with Gasteiger partial charge in [0.15, 0.2) is 22.9 Å². The standard InChI is InChI=1S/C30H38O4.C24H30O4.C20H21NO2.C18H24O4.C12H12N2O2/c1-21-19-23(7-5-13-33-17-15-31-3)27-12-10-26-22(2)20-24(8-6-14-34-18-16-32-4)28-11-9-25(21)29(27)30(26)28;1-17-21-7-5-19(15-27-11-9-25-3)13-23(21)18(2)24-14-20(6-8-22(17)24)16-28-12-10-26-4;1-13-16-6-4-5-7-17(16)14(2)19-12-15(8-9-18(13)19)20(22)21-10-11-23-3;1-13-5-7-16-15(17(13)21-11-9-19-3)8-6-14(2)18(16)22-12-10-20-4;1-5-9-12(16-7(3)13-9)6(2)10-11(5)15-8(4)14-10/h9-12,19-20H,5-8,13-18H2,1-4H3;5-8,13-14H,9-12,15-16H2,1-4H3;4-9,12H,10-11H2,1-3H3,(H,21,22);5-8H,9-12H2,1-4H3;1-4H3. The van der Waals surface area contributed by atoms with Gasteiger partial charge in [0.05, 0.1) is 85.9 Å². The summed E-state index contributed by atoms with van der Waals surface area (Å²) in [6.07, 6.45) is 4.07. The summed E-state index contributed by atoms with van der Waals surface area (Å²) < 4.78 is 81.2. The molecule has 2 aromatic heterocycles. The minimum Gasteiger partial charge on any atom is -0.490 e. The third-order valence-electron chi connectivity index (χ3n) is 22.8. The molecule has 0 fully saturated rings. The Morgan fingerprint density at radius 1 is 0.317 bits per heavy atom. The molecule has 0 saturated carbocycles. The van der Waals surface area contributed by atoms with Gasteiger partial charge in [0.1, 0.15) is 35.7 Å². The summed E-state index contributed by atoms with van der Waals surface area (Å²) in [6, 6.07) is 50.0. The molecule has 2 heterocycles. The predicted octanol–water partition coefficient (Wildman–Crippen LogP) is 22.0. The van der Waals surface area contributed by atoms with Crippen LogP contribution in [0.25, 0.3) is 108 Å². The van der Waals surface area contributed by atoms with Gasteiger partial charge in [-0.3, -0.25) is 4.79 Å². The van der Waals surface area contributed by atoms with Crippen molar-refractivity contribution in [1.82, 2.24) is 15.3 Å². The van der Waals surface area contributed by atoms with Gasteiger partial charge in [-0.1, -0.05) is 115 Å². The fourth-order valence-corrected chi connectivity index (χ4v) is 16.4. The number of carbonyl (C=O) groups is 1. The minimum absolute atomic E-state index is 0.0610. The summed E-state index contributed by atoms with van der Waals surface area (Å²) in [5.74, 6) is 3.07. The van der Waals surface area contributed by atoms with Gasteiger partial charge in [-0.2, -0.15) is 0 Å². The molecule has 0 spiro atoms. The molecule has 652 valence electrons. The summed E-state index contributed by atoms with van der Waals surface area (Å²) in [5.41, 5.74) is 21.3. The molecular formula is C104H125N3O16. The normalized spacial score (nSPS) is 11.5. The summed E-state index contributed by atoms with van der Waals surface area (Å²) in [6.45, 7) is 36.0. The Bertz CT molecular complexity index is 5710. The summed E-state index contributed by atoms with van der Waals surface area (Å²) >= 11 is 0. The average molecular weight is 1670 g/mol. The Labute approximate surface area is 724 Å². The number of aromatic nitrogens is 2. The number of amides is 1. The van der Waals surface area contributed by atoms with E-state index in [1.807, 2.05) is 53.7 Å². The quantitative estimate of drug-likeness (QED) is 0.0220. The predicted molar refractivity (Wildman–Crippen MR) is 499 cm³/mol. The topological polar surface area (TPSA) is 201 Å². The first-order chi connectivity index (χ1) is 59.7. The second kappa shape index (κ2) is 45.9. The van der Waals surface area contributed by atoms with Crippen LogP contribution in [0.15, 0.2) is 148 Å². The highest BCUT2D eigenvalue weighted by Gasteiger charge is 2.22. The van der Waals surface area contributed by atoms with E-state index in [2.05, 4.69) is 184 Å². The zero-order valence-electron chi connectivity index (χ0n) is 75.8. The molecule has 13 aromatic carbocycles. The number of ether oxygens (including phenoxy) is 13. The molecule has 0 aliphatic rings. The van der Waals surface area contributed by atoms with Gasteiger partial charge in [-0.25, -0.2) is 9.97 Å². The van der Waals surface area contributed by atoms with Gasteiger partial charge in [0.25, 0.3) is 5.91 Å². The number of benzene rings is 13. The lowest BCUT2D eigenvalue weighted by Crippen LogP contribution is -2.26. The number of nitrogens with one attached hydrogen (secondary N) is 1. The average Bonchev–Trinajstić information content (AvgIpc) is 1.50. The summed E-state index contributed by atoms with van der Waals surface area (Å²) in [5, 5.41) is 23.4. The van der Waals surface area contributed by atoms with Crippen molar-refractivity contribution in [3.63, 3.8) is 0 Å². The van der Waals surface area contributed by atoms with Gasteiger partial charge in [-0.15, -0.1) is 0 Å². The van der Waals surface area contributed by atoms with Crippen molar-refractivity contribution >= 4 is 114 Å². The second-order valence-electron chi connectivity index (χ2n) is 31.4. The van der Waals surface area contributed by atoms with Gasteiger partial charge < -0.3 is 75.7 Å². The Morgan fingerprint density at radius 2 is 0.667 bits per heavy atom. The van der Waals surface area contributed by atoms with Crippen molar-refractivity contribution in [2.75, 3.05) is 155 Å². The lowest BCUT2D eigenvalue weighted by Gasteiger charge is -2.19. The highest BCUT2D eigenvalue weighted by Crippen LogP contribution is 2.43. The lowest BCUT2D eigenvalue weighted by molar-refractivity contribution is 0.0617. The van der Waals surface area contributed by atoms with Crippen LogP contribution < -0.4 is 14.8 Å². The zero-order chi connectivity index (χ0) is 87.6. The highest BCUT2D eigenvalue weighted by molar-refractivity contribution is 6.25. The van der Waals surface area contributed by atoms with Crippen LogP contribution >= 0.6 is 0 Å². The van der Waals surface area contributed by atoms with Crippen LogP contribution in [-0.4, -0.2) is 171 Å². The van der Waals surface area contributed by atoms with Crippen LogP contribution in [0.3, 0.4) is 0 Å². The second-order valence-corrected chi connectivity index (χ2v) is 31.4. The Kier molecular flexibility index (Phi) is 34.9. The first kappa shape index (κ1) is 93.5. The fraction of sp³-hybridized carbons (Fsp3) is 0.394. The molecule has 15 aromatic rings.